The van der Waals surface area contributed by atoms with Crippen molar-refractivity contribution in [2.24, 2.45) is 0 Å². The lowest BCUT2D eigenvalue weighted by molar-refractivity contribution is -0.369. The lowest BCUT2D eigenvalue weighted by Gasteiger charge is -2.48. The van der Waals surface area contributed by atoms with Gasteiger partial charge in [-0.1, -0.05) is 194 Å². The van der Waals surface area contributed by atoms with E-state index in [0.29, 0.717) is 17.3 Å². The van der Waals surface area contributed by atoms with Crippen LogP contribution in [-0.4, -0.2) is 167 Å². The second kappa shape index (κ2) is 40.7. The van der Waals surface area contributed by atoms with Gasteiger partial charge in [-0.2, -0.15) is 35.3 Å². The van der Waals surface area contributed by atoms with Crippen molar-refractivity contribution < 1.29 is 64.5 Å². The summed E-state index contributed by atoms with van der Waals surface area (Å²) >= 11 is 4.83. The van der Waals surface area contributed by atoms with Crippen molar-refractivity contribution in [3.63, 3.8) is 0 Å². The molecule has 1 unspecified atom stereocenters. The molecule has 3 rings (SSSR count). The summed E-state index contributed by atoms with van der Waals surface area (Å²) in [5, 5.41) is 88.9. The molecule has 70 heavy (non-hydrogen) atoms. The lowest BCUT2D eigenvalue weighted by atomic mass is 9.96. The van der Waals surface area contributed by atoms with E-state index in [1.54, 1.807) is 35.3 Å². The van der Waals surface area contributed by atoms with Gasteiger partial charge >= 0.3 is 0 Å². The highest BCUT2D eigenvalue weighted by molar-refractivity contribution is 7.99. The third kappa shape index (κ3) is 25.6. The number of aliphatic hydroxyl groups excluding tert-OH is 8. The van der Waals surface area contributed by atoms with Crippen LogP contribution in [0.4, 0.5) is 0 Å². The van der Waals surface area contributed by atoms with Crippen molar-refractivity contribution in [1.29, 1.82) is 0 Å². The normalized spacial score (nSPS) is 31.7. The fourth-order valence-corrected chi connectivity index (χ4v) is 12.9. The maximum Gasteiger partial charge on any atom is 0.187 e. The molecule has 0 spiro atoms. The number of hydrogen-bond acceptors (Lipinski definition) is 16. The third-order valence-corrected chi connectivity index (χ3v) is 17.7. The van der Waals surface area contributed by atoms with E-state index in [9.17, 15) is 40.9 Å². The molecule has 16 heteroatoms. The van der Waals surface area contributed by atoms with Gasteiger partial charge in [-0.05, 0) is 36.5 Å². The Labute approximate surface area is 437 Å². The van der Waals surface area contributed by atoms with Crippen molar-refractivity contribution >= 4 is 35.3 Å². The number of thioether (sulfide) groups is 3. The van der Waals surface area contributed by atoms with E-state index in [-0.39, 0.29) is 0 Å². The van der Waals surface area contributed by atoms with E-state index in [1.165, 1.54) is 148 Å². The Morgan fingerprint density at radius 3 is 0.957 bits per heavy atom. The maximum absolute atomic E-state index is 11.8. The van der Waals surface area contributed by atoms with Crippen LogP contribution in [0.15, 0.2) is 0 Å². The van der Waals surface area contributed by atoms with Crippen molar-refractivity contribution in [2.75, 3.05) is 34.5 Å². The molecule has 0 aromatic carbocycles. The van der Waals surface area contributed by atoms with Crippen LogP contribution < -0.4 is 0 Å². The summed E-state index contributed by atoms with van der Waals surface area (Å²) in [4.78, 5) is 0. The Bertz CT molecular complexity index is 1220. The second-order valence-electron chi connectivity index (χ2n) is 20.6. The Kier molecular flexibility index (Phi) is 37.7. The summed E-state index contributed by atoms with van der Waals surface area (Å²) in [5.74, 6) is 3.56. The first-order chi connectivity index (χ1) is 34.0. The van der Waals surface area contributed by atoms with Gasteiger partial charge in [-0.3, -0.25) is 0 Å². The quantitative estimate of drug-likeness (QED) is 0.0268. The highest BCUT2D eigenvalue weighted by Gasteiger charge is 2.53. The SMILES string of the molecule is CCCCCCCCCCCCSC[C@H]1O[C@H](O[C@H]2[C@H](O)[C@@H](O)[C@@H](O[C@H]3[C@H](O)[C@@H](O)C(O)O[C@@H]3CSCCCCCCCCCCCC)O[C@@H]2CSCCCCCCCCCCCC)[C@H](O)[C@@H](O)[C@@H]1O. The molecule has 416 valence electrons. The second-order valence-corrected chi connectivity index (χ2v) is 24.0. The van der Waals surface area contributed by atoms with Crippen molar-refractivity contribution in [2.45, 2.75) is 306 Å². The largest absolute Gasteiger partial charge is 0.388 e. The van der Waals surface area contributed by atoms with Crippen LogP contribution in [0.2, 0.25) is 0 Å². The van der Waals surface area contributed by atoms with E-state index in [0.717, 1.165) is 62.2 Å². The summed E-state index contributed by atoms with van der Waals surface area (Å²) in [6.45, 7) is 6.70. The topological polar surface area (TPSA) is 208 Å². The summed E-state index contributed by atoms with van der Waals surface area (Å²) in [6, 6.07) is 0. The molecule has 8 N–H and O–H groups in total. The Morgan fingerprint density at radius 1 is 0.300 bits per heavy atom. The minimum absolute atomic E-state index is 0.320. The fourth-order valence-electron chi connectivity index (χ4n) is 9.69. The standard InChI is InChI=1S/C54H104O13S3/c1-4-7-10-13-16-19-22-25-28-31-34-68-37-40-43(55)44(56)48(60)53(64-40)67-51-42(39-70-36-33-30-27-24-21-18-15-12-9-6-3)65-54(49(61)46(51)58)66-50-41(63-52(62)47(59)45(50)57)38-69-35-32-29-26-23-20-17-14-11-8-5-2/h40-62H,4-39H2,1-3H3/t40-,41-,42-,43-,44+,45-,46-,47-,48-,49-,50-,51-,52?,53-,54-/m1/s1. The Hall–Kier alpha value is 0.530. The van der Waals surface area contributed by atoms with Crippen LogP contribution in [-0.2, 0) is 23.7 Å². The van der Waals surface area contributed by atoms with E-state index in [1.807, 2.05) is 0 Å². The smallest absolute Gasteiger partial charge is 0.187 e. The molecular weight excluding hydrogens is 953 g/mol. The Balaban J connectivity index is 1.60. The highest BCUT2D eigenvalue weighted by atomic mass is 32.2. The molecule has 0 aromatic heterocycles. The molecule has 3 aliphatic rings. The van der Waals surface area contributed by atoms with E-state index < -0.39 is 92.1 Å². The molecule has 0 bridgehead atoms. The number of unbranched alkanes of at least 4 members (excludes halogenated alkanes) is 27. The van der Waals surface area contributed by atoms with Crippen molar-refractivity contribution in [3.05, 3.63) is 0 Å². The molecule has 0 aromatic rings. The number of ether oxygens (including phenoxy) is 5. The molecule has 3 aliphatic heterocycles. The molecule has 15 atom stereocenters. The molecule has 13 nitrogen and oxygen atoms in total. The van der Waals surface area contributed by atoms with Crippen molar-refractivity contribution in [3.8, 4) is 0 Å². The zero-order valence-electron chi connectivity index (χ0n) is 44.0. The lowest BCUT2D eigenvalue weighted by Crippen LogP contribution is -2.66. The molecule has 3 heterocycles. The van der Waals surface area contributed by atoms with Gasteiger partial charge in [0.2, 0.25) is 0 Å². The van der Waals surface area contributed by atoms with Gasteiger partial charge in [0.25, 0.3) is 0 Å². The van der Waals surface area contributed by atoms with E-state index >= 15 is 0 Å². The molecule has 0 radical (unpaired) electrons. The highest BCUT2D eigenvalue weighted by Crippen LogP contribution is 2.35. The number of rotatable bonds is 43. The van der Waals surface area contributed by atoms with E-state index in [2.05, 4.69) is 20.8 Å². The van der Waals surface area contributed by atoms with Gasteiger partial charge in [-0.15, -0.1) is 0 Å². The first-order valence-electron chi connectivity index (χ1n) is 28.5. The van der Waals surface area contributed by atoms with Crippen LogP contribution in [0.5, 0.6) is 0 Å². The van der Waals surface area contributed by atoms with Gasteiger partial charge in [0.1, 0.15) is 54.9 Å². The molecule has 0 amide bonds. The van der Waals surface area contributed by atoms with Crippen LogP contribution in [0.3, 0.4) is 0 Å². The zero-order chi connectivity index (χ0) is 50.8. The summed E-state index contributed by atoms with van der Waals surface area (Å²) < 4.78 is 30.9. The van der Waals surface area contributed by atoms with Crippen LogP contribution >= 0.6 is 35.3 Å². The average molecular weight is 1060 g/mol. The van der Waals surface area contributed by atoms with Gasteiger partial charge < -0.3 is 64.5 Å². The van der Waals surface area contributed by atoms with Gasteiger partial charge in [-0.25, -0.2) is 0 Å². The van der Waals surface area contributed by atoms with Crippen LogP contribution in [0.25, 0.3) is 0 Å². The summed E-state index contributed by atoms with van der Waals surface area (Å²) in [7, 11) is 0. The molecule has 3 fully saturated rings. The third-order valence-electron chi connectivity index (χ3n) is 14.3. The predicted molar refractivity (Wildman–Crippen MR) is 288 cm³/mol. The summed E-state index contributed by atoms with van der Waals surface area (Å²) in [5.41, 5.74) is 0. The molecular formula is C54H104O13S3. The average Bonchev–Trinajstić information content (AvgIpc) is 3.35. The first-order valence-corrected chi connectivity index (χ1v) is 32.0. The molecule has 3 saturated heterocycles. The minimum Gasteiger partial charge on any atom is -0.388 e. The Morgan fingerprint density at radius 2 is 0.586 bits per heavy atom. The van der Waals surface area contributed by atoms with Crippen molar-refractivity contribution in [1.82, 2.24) is 0 Å². The van der Waals surface area contributed by atoms with E-state index in [4.69, 9.17) is 23.7 Å². The fraction of sp³-hybridized carbons (Fsp3) is 1.00. The van der Waals surface area contributed by atoms with Gasteiger partial charge in [0.05, 0.1) is 18.3 Å². The number of hydrogen-bond donors (Lipinski definition) is 8. The minimum atomic E-state index is -1.70. The number of aliphatic hydroxyl groups is 8. The monoisotopic (exact) mass is 1060 g/mol. The van der Waals surface area contributed by atoms with Gasteiger partial charge in [0, 0.05) is 17.3 Å². The van der Waals surface area contributed by atoms with Crippen LogP contribution in [0.1, 0.15) is 213 Å². The predicted octanol–water partition coefficient (Wildman–Crippen LogP) is 9.41. The van der Waals surface area contributed by atoms with Crippen LogP contribution in [0, 0.1) is 0 Å². The zero-order valence-corrected chi connectivity index (χ0v) is 46.4. The molecule has 0 saturated carbocycles. The first kappa shape index (κ1) is 64.8. The van der Waals surface area contributed by atoms with Gasteiger partial charge in [0.15, 0.2) is 18.9 Å². The maximum atomic E-state index is 11.8. The molecule has 0 aliphatic carbocycles. The summed E-state index contributed by atoms with van der Waals surface area (Å²) in [6.07, 6.45) is 16.1.